The second-order valence-electron chi connectivity index (χ2n) is 6.38. The Kier molecular flexibility index (Phi) is 8.12. The van der Waals surface area contributed by atoms with Gasteiger partial charge in [0.25, 0.3) is 0 Å². The SMILES string of the molecule is CC(C)NCCCCS(=O)(=O)NCC1CN(C)CCN1C. The molecule has 0 aromatic carbocycles. The van der Waals surface area contributed by atoms with Crippen LogP contribution in [0.25, 0.3) is 0 Å². The van der Waals surface area contributed by atoms with Crippen LogP contribution >= 0.6 is 0 Å². The summed E-state index contributed by atoms with van der Waals surface area (Å²) in [6, 6.07) is 0.722. The first-order chi connectivity index (χ1) is 9.80. The second-order valence-corrected chi connectivity index (χ2v) is 8.31. The summed E-state index contributed by atoms with van der Waals surface area (Å²) >= 11 is 0. The molecule has 0 radical (unpaired) electrons. The number of piperazine rings is 1. The largest absolute Gasteiger partial charge is 0.315 e. The van der Waals surface area contributed by atoms with Crippen LogP contribution in [0.15, 0.2) is 0 Å². The lowest BCUT2D eigenvalue weighted by atomic mass is 10.2. The Balaban J connectivity index is 2.22. The van der Waals surface area contributed by atoms with Crippen LogP contribution in [0, 0.1) is 0 Å². The Morgan fingerprint density at radius 2 is 1.90 bits per heavy atom. The predicted octanol–water partition coefficient (Wildman–Crippen LogP) is -0.0702. The predicted molar refractivity (Wildman–Crippen MR) is 88.1 cm³/mol. The van der Waals surface area contributed by atoms with E-state index < -0.39 is 10.0 Å². The highest BCUT2D eigenvalue weighted by molar-refractivity contribution is 7.89. The first-order valence-corrected chi connectivity index (χ1v) is 9.55. The number of rotatable bonds is 9. The Bertz CT molecular complexity index is 386. The van der Waals surface area contributed by atoms with Gasteiger partial charge in [0, 0.05) is 38.3 Å². The van der Waals surface area contributed by atoms with Gasteiger partial charge in [-0.05, 0) is 33.5 Å². The lowest BCUT2D eigenvalue weighted by molar-refractivity contribution is 0.117. The van der Waals surface area contributed by atoms with Crippen molar-refractivity contribution in [1.82, 2.24) is 19.8 Å². The molecular weight excluding hydrogens is 288 g/mol. The van der Waals surface area contributed by atoms with Gasteiger partial charge in [0.2, 0.25) is 10.0 Å². The third-order valence-electron chi connectivity index (χ3n) is 3.91. The van der Waals surface area contributed by atoms with E-state index in [9.17, 15) is 8.42 Å². The summed E-state index contributed by atoms with van der Waals surface area (Å²) in [6.07, 6.45) is 1.60. The molecule has 0 aromatic heterocycles. The molecule has 2 N–H and O–H groups in total. The van der Waals surface area contributed by atoms with Gasteiger partial charge in [0.15, 0.2) is 0 Å². The van der Waals surface area contributed by atoms with Crippen LogP contribution in [0.1, 0.15) is 26.7 Å². The van der Waals surface area contributed by atoms with Crippen LogP contribution in [0.5, 0.6) is 0 Å². The van der Waals surface area contributed by atoms with E-state index in [1.165, 1.54) is 0 Å². The number of likely N-dealkylation sites (N-methyl/N-ethyl adjacent to an activating group) is 2. The molecule has 21 heavy (non-hydrogen) atoms. The lowest BCUT2D eigenvalue weighted by Crippen LogP contribution is -2.54. The average molecular weight is 321 g/mol. The third-order valence-corrected chi connectivity index (χ3v) is 5.34. The molecule has 7 heteroatoms. The summed E-state index contributed by atoms with van der Waals surface area (Å²) in [7, 11) is 0.993. The molecule has 0 spiro atoms. The molecule has 1 aliphatic rings. The molecule has 1 unspecified atom stereocenters. The number of hydrogen-bond acceptors (Lipinski definition) is 5. The highest BCUT2D eigenvalue weighted by atomic mass is 32.2. The summed E-state index contributed by atoms with van der Waals surface area (Å²) in [4.78, 5) is 4.48. The highest BCUT2D eigenvalue weighted by Gasteiger charge is 2.23. The van der Waals surface area contributed by atoms with E-state index in [2.05, 4.69) is 47.8 Å². The van der Waals surface area contributed by atoms with Crippen LogP contribution < -0.4 is 10.0 Å². The molecule has 126 valence electrons. The van der Waals surface area contributed by atoms with Gasteiger partial charge in [0.05, 0.1) is 5.75 Å². The van der Waals surface area contributed by atoms with Crippen molar-refractivity contribution in [2.24, 2.45) is 0 Å². The van der Waals surface area contributed by atoms with E-state index >= 15 is 0 Å². The van der Waals surface area contributed by atoms with Crippen LogP contribution in [-0.2, 0) is 10.0 Å². The maximum Gasteiger partial charge on any atom is 0.211 e. The molecule has 1 aliphatic heterocycles. The van der Waals surface area contributed by atoms with Crippen LogP contribution in [-0.4, -0.2) is 82.9 Å². The van der Waals surface area contributed by atoms with Crippen molar-refractivity contribution in [1.29, 1.82) is 0 Å². The maximum absolute atomic E-state index is 12.0. The van der Waals surface area contributed by atoms with Crippen molar-refractivity contribution < 1.29 is 8.42 Å². The first kappa shape index (κ1) is 18.8. The fraction of sp³-hybridized carbons (Fsp3) is 1.00. The van der Waals surface area contributed by atoms with Gasteiger partial charge in [-0.2, -0.15) is 0 Å². The number of hydrogen-bond donors (Lipinski definition) is 2. The summed E-state index contributed by atoms with van der Waals surface area (Å²) in [5.74, 6) is 0.221. The van der Waals surface area contributed by atoms with Crippen molar-refractivity contribution in [3.8, 4) is 0 Å². The Hall–Kier alpha value is -0.210. The summed E-state index contributed by atoms with van der Waals surface area (Å²) < 4.78 is 26.8. The van der Waals surface area contributed by atoms with Crippen LogP contribution in [0.3, 0.4) is 0 Å². The van der Waals surface area contributed by atoms with Gasteiger partial charge in [-0.25, -0.2) is 13.1 Å². The van der Waals surface area contributed by atoms with Crippen LogP contribution in [0.2, 0.25) is 0 Å². The second kappa shape index (κ2) is 9.05. The quantitative estimate of drug-likeness (QED) is 0.582. The third kappa shape index (κ3) is 8.11. The van der Waals surface area contributed by atoms with Gasteiger partial charge < -0.3 is 10.2 Å². The average Bonchev–Trinajstić information content (AvgIpc) is 2.39. The van der Waals surface area contributed by atoms with Gasteiger partial charge in [-0.1, -0.05) is 13.8 Å². The smallest absolute Gasteiger partial charge is 0.211 e. The van der Waals surface area contributed by atoms with E-state index in [4.69, 9.17) is 0 Å². The lowest BCUT2D eigenvalue weighted by Gasteiger charge is -2.37. The Labute approximate surface area is 130 Å². The monoisotopic (exact) mass is 320 g/mol. The minimum atomic E-state index is -3.15. The number of nitrogens with zero attached hydrogens (tertiary/aromatic N) is 2. The van der Waals surface area contributed by atoms with E-state index in [-0.39, 0.29) is 11.8 Å². The fourth-order valence-electron chi connectivity index (χ4n) is 2.42. The molecule has 1 rings (SSSR count). The van der Waals surface area contributed by atoms with Crippen LogP contribution in [0.4, 0.5) is 0 Å². The van der Waals surface area contributed by atoms with Gasteiger partial charge in [-0.3, -0.25) is 4.90 Å². The fourth-order valence-corrected chi connectivity index (χ4v) is 3.60. The summed E-state index contributed by atoms with van der Waals surface area (Å²) in [5.41, 5.74) is 0. The molecule has 0 amide bonds. The zero-order valence-corrected chi connectivity index (χ0v) is 14.7. The van der Waals surface area contributed by atoms with E-state index in [0.717, 1.165) is 32.6 Å². The highest BCUT2D eigenvalue weighted by Crippen LogP contribution is 2.05. The standard InChI is InChI=1S/C14H32N4O2S/c1-13(2)15-7-5-6-10-21(19,20)16-11-14-12-17(3)8-9-18(14)4/h13-16H,5-12H2,1-4H3. The van der Waals surface area contributed by atoms with Crippen molar-refractivity contribution in [2.45, 2.75) is 38.8 Å². The maximum atomic E-state index is 12.0. The molecule has 0 aliphatic carbocycles. The Morgan fingerprint density at radius 1 is 1.19 bits per heavy atom. The topological polar surface area (TPSA) is 64.7 Å². The molecule has 1 saturated heterocycles. The van der Waals surface area contributed by atoms with Gasteiger partial charge in [0.1, 0.15) is 0 Å². The van der Waals surface area contributed by atoms with E-state index in [1.807, 2.05) is 0 Å². The Morgan fingerprint density at radius 3 is 2.57 bits per heavy atom. The molecule has 1 heterocycles. The van der Waals surface area contributed by atoms with Crippen molar-refractivity contribution in [2.75, 3.05) is 52.6 Å². The minimum absolute atomic E-state index is 0.221. The normalized spacial score (nSPS) is 22.0. The van der Waals surface area contributed by atoms with Gasteiger partial charge >= 0.3 is 0 Å². The summed E-state index contributed by atoms with van der Waals surface area (Å²) in [6.45, 7) is 8.52. The minimum Gasteiger partial charge on any atom is -0.315 e. The number of nitrogens with one attached hydrogen (secondary N) is 2. The number of unbranched alkanes of at least 4 members (excludes halogenated alkanes) is 1. The zero-order valence-electron chi connectivity index (χ0n) is 13.9. The van der Waals surface area contributed by atoms with E-state index in [0.29, 0.717) is 19.0 Å². The first-order valence-electron chi connectivity index (χ1n) is 7.89. The zero-order chi connectivity index (χ0) is 15.9. The molecular formula is C14H32N4O2S. The number of sulfonamides is 1. The van der Waals surface area contributed by atoms with E-state index in [1.54, 1.807) is 0 Å². The summed E-state index contributed by atoms with van der Waals surface area (Å²) in [5, 5.41) is 3.30. The molecule has 6 nitrogen and oxygen atoms in total. The molecule has 1 atom stereocenters. The molecule has 0 saturated carbocycles. The molecule has 0 aromatic rings. The van der Waals surface area contributed by atoms with Crippen molar-refractivity contribution >= 4 is 10.0 Å². The van der Waals surface area contributed by atoms with Gasteiger partial charge in [-0.15, -0.1) is 0 Å². The van der Waals surface area contributed by atoms with Crippen molar-refractivity contribution in [3.05, 3.63) is 0 Å². The molecule has 0 bridgehead atoms. The van der Waals surface area contributed by atoms with Crippen molar-refractivity contribution in [3.63, 3.8) is 0 Å². The molecule has 1 fully saturated rings.